The molecule has 0 heterocycles. The monoisotopic (exact) mass is 264 g/mol. The first-order valence-electron chi connectivity index (χ1n) is 6.83. The van der Waals surface area contributed by atoms with E-state index in [4.69, 9.17) is 9.47 Å². The molecule has 3 nitrogen and oxygen atoms in total. The lowest BCUT2D eigenvalue weighted by Crippen LogP contribution is -2.19. The maximum absolute atomic E-state index is 11.9. The molecule has 1 aromatic rings. The minimum absolute atomic E-state index is 0.126. The van der Waals surface area contributed by atoms with Crippen molar-refractivity contribution in [3.63, 3.8) is 0 Å². The Balaban J connectivity index is 2.74. The highest BCUT2D eigenvalue weighted by Crippen LogP contribution is 2.26. The molecule has 1 atom stereocenters. The molecule has 1 unspecified atom stereocenters. The molecule has 0 aliphatic heterocycles. The highest BCUT2D eigenvalue weighted by Gasteiger charge is 2.19. The molecule has 3 heteroatoms. The number of benzene rings is 1. The van der Waals surface area contributed by atoms with Crippen molar-refractivity contribution in [2.45, 2.75) is 52.7 Å². The van der Waals surface area contributed by atoms with Crippen LogP contribution in [0, 0.1) is 0 Å². The SMILES string of the molecule is CCOC(C)OC(=O)c1ccc(C(C)(C)CC)cc1. The largest absolute Gasteiger partial charge is 0.432 e. The third-order valence-electron chi connectivity index (χ3n) is 3.46. The summed E-state index contributed by atoms with van der Waals surface area (Å²) in [7, 11) is 0. The third-order valence-corrected chi connectivity index (χ3v) is 3.46. The molecule has 1 rings (SSSR count). The van der Waals surface area contributed by atoms with Gasteiger partial charge in [-0.05, 0) is 43.4 Å². The van der Waals surface area contributed by atoms with Crippen molar-refractivity contribution in [1.82, 2.24) is 0 Å². The second kappa shape index (κ2) is 6.71. The molecule has 106 valence electrons. The van der Waals surface area contributed by atoms with E-state index in [9.17, 15) is 4.79 Å². The molecule has 0 aromatic heterocycles. The fraction of sp³-hybridized carbons (Fsp3) is 0.562. The van der Waals surface area contributed by atoms with Gasteiger partial charge in [-0.1, -0.05) is 32.9 Å². The van der Waals surface area contributed by atoms with Crippen molar-refractivity contribution >= 4 is 5.97 Å². The van der Waals surface area contributed by atoms with Gasteiger partial charge in [0.2, 0.25) is 0 Å². The number of hydrogen-bond acceptors (Lipinski definition) is 3. The Labute approximate surface area is 115 Å². The maximum atomic E-state index is 11.9. The van der Waals surface area contributed by atoms with Crippen LogP contribution in [0.2, 0.25) is 0 Å². The molecule has 19 heavy (non-hydrogen) atoms. The van der Waals surface area contributed by atoms with Crippen LogP contribution in [-0.4, -0.2) is 18.9 Å². The molecular formula is C16H24O3. The molecule has 0 spiro atoms. The Bertz CT molecular complexity index is 407. The highest BCUT2D eigenvalue weighted by atomic mass is 16.7. The molecule has 0 saturated heterocycles. The van der Waals surface area contributed by atoms with Crippen molar-refractivity contribution in [3.05, 3.63) is 35.4 Å². The topological polar surface area (TPSA) is 35.5 Å². The quantitative estimate of drug-likeness (QED) is 0.577. The van der Waals surface area contributed by atoms with E-state index in [0.29, 0.717) is 12.2 Å². The Kier molecular flexibility index (Phi) is 5.55. The van der Waals surface area contributed by atoms with Gasteiger partial charge < -0.3 is 9.47 Å². The summed E-state index contributed by atoms with van der Waals surface area (Å²) in [6.45, 7) is 10.7. The van der Waals surface area contributed by atoms with Crippen molar-refractivity contribution in [2.24, 2.45) is 0 Å². The average Bonchev–Trinajstić information content (AvgIpc) is 2.39. The van der Waals surface area contributed by atoms with Gasteiger partial charge in [0, 0.05) is 6.61 Å². The van der Waals surface area contributed by atoms with Gasteiger partial charge in [-0.15, -0.1) is 0 Å². The van der Waals surface area contributed by atoms with E-state index in [-0.39, 0.29) is 11.4 Å². The summed E-state index contributed by atoms with van der Waals surface area (Å²) in [5.74, 6) is -0.346. The molecule has 0 aliphatic rings. The van der Waals surface area contributed by atoms with Crippen LogP contribution in [0.15, 0.2) is 24.3 Å². The predicted molar refractivity (Wildman–Crippen MR) is 76.3 cm³/mol. The van der Waals surface area contributed by atoms with Crippen LogP contribution >= 0.6 is 0 Å². The van der Waals surface area contributed by atoms with Gasteiger partial charge >= 0.3 is 5.97 Å². The van der Waals surface area contributed by atoms with Gasteiger partial charge in [0.25, 0.3) is 0 Å². The summed E-state index contributed by atoms with van der Waals surface area (Å²) in [5.41, 5.74) is 1.91. The summed E-state index contributed by atoms with van der Waals surface area (Å²) in [4.78, 5) is 11.9. The van der Waals surface area contributed by atoms with Crippen LogP contribution in [0.4, 0.5) is 0 Å². The van der Waals surface area contributed by atoms with Crippen molar-refractivity contribution in [1.29, 1.82) is 0 Å². The predicted octanol–water partition coefficient (Wildman–Crippen LogP) is 3.91. The van der Waals surface area contributed by atoms with Crippen molar-refractivity contribution < 1.29 is 14.3 Å². The Hall–Kier alpha value is -1.35. The van der Waals surface area contributed by atoms with E-state index in [1.807, 2.05) is 31.2 Å². The first-order valence-corrected chi connectivity index (χ1v) is 6.83. The lowest BCUT2D eigenvalue weighted by molar-refractivity contribution is -0.0940. The van der Waals surface area contributed by atoms with Gasteiger partial charge in [-0.2, -0.15) is 0 Å². The standard InChI is InChI=1S/C16H24O3/c1-6-16(4,5)14-10-8-13(9-11-14)15(17)19-12(3)18-7-2/h8-12H,6-7H2,1-5H3. The van der Waals surface area contributed by atoms with Gasteiger partial charge in [0.15, 0.2) is 6.29 Å². The van der Waals surface area contributed by atoms with Gasteiger partial charge in [0.05, 0.1) is 5.56 Å². The van der Waals surface area contributed by atoms with Crippen LogP contribution in [-0.2, 0) is 14.9 Å². The number of carbonyl (C=O) groups is 1. The molecule has 0 fully saturated rings. The van der Waals surface area contributed by atoms with Crippen molar-refractivity contribution in [3.8, 4) is 0 Å². The molecular weight excluding hydrogens is 240 g/mol. The fourth-order valence-corrected chi connectivity index (χ4v) is 1.75. The van der Waals surface area contributed by atoms with E-state index in [0.717, 1.165) is 6.42 Å². The minimum atomic E-state index is -0.510. The summed E-state index contributed by atoms with van der Waals surface area (Å²) < 4.78 is 10.4. The van der Waals surface area contributed by atoms with E-state index in [1.54, 1.807) is 6.92 Å². The first-order chi connectivity index (χ1) is 8.90. The van der Waals surface area contributed by atoms with Gasteiger partial charge in [-0.3, -0.25) is 0 Å². The zero-order valence-electron chi connectivity index (χ0n) is 12.5. The molecule has 0 aliphatic carbocycles. The van der Waals surface area contributed by atoms with E-state index >= 15 is 0 Å². The number of hydrogen-bond donors (Lipinski definition) is 0. The average molecular weight is 264 g/mol. The van der Waals surface area contributed by atoms with Crippen LogP contribution < -0.4 is 0 Å². The number of ether oxygens (including phenoxy) is 2. The smallest absolute Gasteiger partial charge is 0.340 e. The van der Waals surface area contributed by atoms with Gasteiger partial charge in [-0.25, -0.2) is 4.79 Å². The van der Waals surface area contributed by atoms with Crippen LogP contribution in [0.25, 0.3) is 0 Å². The second-order valence-corrected chi connectivity index (χ2v) is 5.24. The molecule has 1 aromatic carbocycles. The summed E-state index contributed by atoms with van der Waals surface area (Å²) in [6, 6.07) is 7.61. The lowest BCUT2D eigenvalue weighted by atomic mass is 9.82. The fourth-order valence-electron chi connectivity index (χ4n) is 1.75. The van der Waals surface area contributed by atoms with E-state index in [2.05, 4.69) is 20.8 Å². The Morgan fingerprint density at radius 1 is 1.21 bits per heavy atom. The van der Waals surface area contributed by atoms with Crippen LogP contribution in [0.1, 0.15) is 57.0 Å². The third kappa shape index (κ3) is 4.35. The van der Waals surface area contributed by atoms with Crippen LogP contribution in [0.3, 0.4) is 0 Å². The minimum Gasteiger partial charge on any atom is -0.432 e. The molecule has 0 saturated carbocycles. The number of carbonyl (C=O) groups excluding carboxylic acids is 1. The number of esters is 1. The highest BCUT2D eigenvalue weighted by molar-refractivity contribution is 5.89. The van der Waals surface area contributed by atoms with Crippen molar-refractivity contribution in [2.75, 3.05) is 6.61 Å². The van der Waals surface area contributed by atoms with E-state index < -0.39 is 6.29 Å². The first kappa shape index (κ1) is 15.7. The summed E-state index contributed by atoms with van der Waals surface area (Å²) >= 11 is 0. The summed E-state index contributed by atoms with van der Waals surface area (Å²) in [5, 5.41) is 0. The maximum Gasteiger partial charge on any atom is 0.340 e. The van der Waals surface area contributed by atoms with Gasteiger partial charge in [0.1, 0.15) is 0 Å². The molecule has 0 amide bonds. The molecule has 0 radical (unpaired) electrons. The summed E-state index contributed by atoms with van der Waals surface area (Å²) in [6.07, 6.45) is 0.544. The van der Waals surface area contributed by atoms with E-state index in [1.165, 1.54) is 5.56 Å². The molecule has 0 N–H and O–H groups in total. The zero-order chi connectivity index (χ0) is 14.5. The number of rotatable bonds is 6. The molecule has 0 bridgehead atoms. The van der Waals surface area contributed by atoms with Crippen LogP contribution in [0.5, 0.6) is 0 Å². The normalized spacial score (nSPS) is 13.1. The Morgan fingerprint density at radius 2 is 1.79 bits per heavy atom. The lowest BCUT2D eigenvalue weighted by Gasteiger charge is -2.23. The second-order valence-electron chi connectivity index (χ2n) is 5.24. The zero-order valence-corrected chi connectivity index (χ0v) is 12.5. The Morgan fingerprint density at radius 3 is 2.26 bits per heavy atom.